The summed E-state index contributed by atoms with van der Waals surface area (Å²) in [6.07, 6.45) is 2.04. The molecule has 3 heterocycles. The highest BCUT2D eigenvalue weighted by molar-refractivity contribution is 7.92. The van der Waals surface area contributed by atoms with Crippen molar-refractivity contribution >= 4 is 21.3 Å². The lowest BCUT2D eigenvalue weighted by Crippen LogP contribution is -2.38. The third-order valence-electron chi connectivity index (χ3n) is 8.59. The van der Waals surface area contributed by atoms with Crippen LogP contribution in [0.5, 0.6) is 0 Å². The van der Waals surface area contributed by atoms with E-state index >= 15 is 0 Å². The number of sulfone groups is 1. The first-order valence-corrected chi connectivity index (χ1v) is 14.5. The van der Waals surface area contributed by atoms with Crippen LogP contribution in [0.2, 0.25) is 0 Å². The number of halogens is 2. The highest BCUT2D eigenvalue weighted by Crippen LogP contribution is 2.69. The quantitative estimate of drug-likeness (QED) is 0.442. The zero-order chi connectivity index (χ0) is 26.9. The number of hydrogen-bond donors (Lipinski definition) is 0. The zero-order valence-electron chi connectivity index (χ0n) is 21.4. The van der Waals surface area contributed by atoms with Crippen LogP contribution in [-0.4, -0.2) is 46.5 Å². The molecule has 3 aliphatic rings. The average Bonchev–Trinajstić information content (AvgIpc) is 3.51. The Morgan fingerprint density at radius 2 is 1.74 bits per heavy atom. The van der Waals surface area contributed by atoms with E-state index in [9.17, 15) is 17.2 Å². The van der Waals surface area contributed by atoms with E-state index in [0.717, 1.165) is 29.8 Å². The first kappa shape index (κ1) is 24.9. The summed E-state index contributed by atoms with van der Waals surface area (Å²) in [5, 5.41) is 17.3. The van der Waals surface area contributed by atoms with Gasteiger partial charge in [-0.1, -0.05) is 32.9 Å². The van der Waals surface area contributed by atoms with Gasteiger partial charge in [-0.25, -0.2) is 17.2 Å². The predicted molar refractivity (Wildman–Crippen MR) is 141 cm³/mol. The van der Waals surface area contributed by atoms with Crippen molar-refractivity contribution in [2.75, 3.05) is 11.5 Å². The summed E-state index contributed by atoms with van der Waals surface area (Å²) < 4.78 is 53.2. The maximum absolute atomic E-state index is 14.5. The normalized spacial score (nSPS) is 23.3. The van der Waals surface area contributed by atoms with Gasteiger partial charge in [0.15, 0.2) is 9.84 Å². The molecule has 0 N–H and O–H groups in total. The second-order valence-electron chi connectivity index (χ2n) is 10.8. The largest absolute Gasteiger partial charge is 0.250 e. The minimum absolute atomic E-state index is 0.0551. The molecule has 0 unspecified atom stereocenters. The van der Waals surface area contributed by atoms with Crippen molar-refractivity contribution in [1.82, 2.24) is 15.2 Å². The van der Waals surface area contributed by atoms with Crippen LogP contribution in [0, 0.1) is 17.0 Å². The fourth-order valence-corrected chi connectivity index (χ4v) is 7.43. The number of aromatic nitrogens is 3. The molecule has 0 saturated heterocycles. The third kappa shape index (κ3) is 3.56. The summed E-state index contributed by atoms with van der Waals surface area (Å²) in [5.74, 6) is -1.26. The number of rotatable bonds is 6. The Hall–Kier alpha value is -3.40. The first-order valence-electron chi connectivity index (χ1n) is 12.7. The van der Waals surface area contributed by atoms with Crippen molar-refractivity contribution in [1.29, 1.82) is 0 Å². The molecular weight excluding hydrogens is 508 g/mol. The van der Waals surface area contributed by atoms with E-state index in [-0.39, 0.29) is 34.1 Å². The van der Waals surface area contributed by atoms with Crippen molar-refractivity contribution in [3.05, 3.63) is 76.7 Å². The predicted octanol–water partition coefficient (Wildman–Crippen LogP) is 5.00. The molecule has 2 bridgehead atoms. The molecule has 196 valence electrons. The van der Waals surface area contributed by atoms with Crippen LogP contribution >= 0.6 is 0 Å². The van der Waals surface area contributed by atoms with Gasteiger partial charge in [-0.2, -0.15) is 15.3 Å². The van der Waals surface area contributed by atoms with Crippen LogP contribution in [0.3, 0.4) is 0 Å². The van der Waals surface area contributed by atoms with Crippen molar-refractivity contribution in [2.45, 2.75) is 51.4 Å². The molecule has 0 spiro atoms. The maximum atomic E-state index is 14.5. The van der Waals surface area contributed by atoms with Crippen molar-refractivity contribution in [2.24, 2.45) is 15.6 Å². The minimum Gasteiger partial charge on any atom is -0.250 e. The molecule has 10 heteroatoms. The van der Waals surface area contributed by atoms with Gasteiger partial charge in [0.2, 0.25) is 0 Å². The monoisotopic (exact) mass is 535 g/mol. The molecule has 6 rings (SSSR count). The molecule has 1 fully saturated rings. The molecule has 7 nitrogen and oxygen atoms in total. The summed E-state index contributed by atoms with van der Waals surface area (Å²) in [7, 11) is -3.20. The Labute approximate surface area is 220 Å². The molecule has 2 aromatic heterocycles. The van der Waals surface area contributed by atoms with Crippen molar-refractivity contribution in [3.63, 3.8) is 0 Å². The highest BCUT2D eigenvalue weighted by Gasteiger charge is 2.65. The van der Waals surface area contributed by atoms with E-state index in [1.54, 1.807) is 13.0 Å². The van der Waals surface area contributed by atoms with Crippen LogP contribution in [0.25, 0.3) is 11.3 Å². The summed E-state index contributed by atoms with van der Waals surface area (Å²) in [6.45, 7) is 5.99. The summed E-state index contributed by atoms with van der Waals surface area (Å²) in [6, 6.07) is 11.3. The van der Waals surface area contributed by atoms with E-state index in [2.05, 4.69) is 34.2 Å². The van der Waals surface area contributed by atoms with Gasteiger partial charge >= 0.3 is 0 Å². The van der Waals surface area contributed by atoms with Gasteiger partial charge in [-0.3, -0.25) is 4.98 Å². The van der Waals surface area contributed by atoms with Gasteiger partial charge in [0.1, 0.15) is 11.6 Å². The minimum atomic E-state index is -3.20. The van der Waals surface area contributed by atoms with Gasteiger partial charge in [-0.05, 0) is 60.1 Å². The van der Waals surface area contributed by atoms with Gasteiger partial charge in [0.25, 0.3) is 0 Å². The fourth-order valence-electron chi connectivity index (χ4n) is 6.56. The third-order valence-corrected chi connectivity index (χ3v) is 10.2. The second kappa shape index (κ2) is 8.56. The zero-order valence-corrected chi connectivity index (χ0v) is 22.2. The fraction of sp³-hybridized carbons (Fsp3) is 0.393. The van der Waals surface area contributed by atoms with Gasteiger partial charge < -0.3 is 0 Å². The van der Waals surface area contributed by atoms with Gasteiger partial charge in [0.05, 0.1) is 50.9 Å². The Bertz CT molecular complexity index is 1630. The molecule has 0 amide bonds. The van der Waals surface area contributed by atoms with E-state index in [1.807, 2.05) is 18.2 Å². The Morgan fingerprint density at radius 3 is 2.47 bits per heavy atom. The standard InChI is InChI=1S/C28H27F2N5O2S/c1-4-38(36,37)15-16-13-22(33-32-16)21-9-6-10-24(31-21)28-12-11-18(27(28,2)3)17-14-23(34-35-26(17)28)25-19(29)7-5-8-20(25)30/h5-10,14,18H,4,11-13,15H2,1-3H3/t18-,28-/m0/s1. The number of nitrogens with zero attached hydrogens (tertiary/aromatic N) is 5. The Balaban J connectivity index is 1.39. The molecule has 3 aromatic rings. The van der Waals surface area contributed by atoms with Crippen LogP contribution in [0.4, 0.5) is 8.78 Å². The van der Waals surface area contributed by atoms with E-state index < -0.39 is 26.9 Å². The molecule has 2 atom stereocenters. The number of hydrogen-bond acceptors (Lipinski definition) is 7. The lowest BCUT2D eigenvalue weighted by atomic mass is 9.66. The van der Waals surface area contributed by atoms with Crippen LogP contribution < -0.4 is 0 Å². The SMILES string of the molecule is CCS(=O)(=O)CC1=NN=C(c2cccc([C@@]34CC[C@@H](c5cc(-c6c(F)cccc6F)nnc53)C4(C)C)n2)C1. The molecule has 0 radical (unpaired) electrons. The molecular formula is C28H27F2N5O2S. The van der Waals surface area contributed by atoms with Crippen LogP contribution in [-0.2, 0) is 15.3 Å². The summed E-state index contributed by atoms with van der Waals surface area (Å²) in [5.41, 5.74) is 3.59. The smallest absolute Gasteiger partial charge is 0.155 e. The van der Waals surface area contributed by atoms with Crippen LogP contribution in [0.15, 0.2) is 52.7 Å². The molecule has 2 aliphatic carbocycles. The van der Waals surface area contributed by atoms with Crippen LogP contribution in [0.1, 0.15) is 68.6 Å². The first-order chi connectivity index (χ1) is 18.1. The Kier molecular flexibility index (Phi) is 5.61. The molecule has 1 saturated carbocycles. The van der Waals surface area contributed by atoms with E-state index in [4.69, 9.17) is 4.98 Å². The molecule has 1 aliphatic heterocycles. The van der Waals surface area contributed by atoms with Crippen molar-refractivity contribution < 1.29 is 17.2 Å². The van der Waals surface area contributed by atoms with Gasteiger partial charge in [0, 0.05) is 12.2 Å². The highest BCUT2D eigenvalue weighted by atomic mass is 32.2. The van der Waals surface area contributed by atoms with Crippen molar-refractivity contribution in [3.8, 4) is 11.3 Å². The Morgan fingerprint density at radius 1 is 1.00 bits per heavy atom. The summed E-state index contributed by atoms with van der Waals surface area (Å²) in [4.78, 5) is 5.02. The van der Waals surface area contributed by atoms with E-state index in [1.165, 1.54) is 18.2 Å². The average molecular weight is 536 g/mol. The van der Waals surface area contributed by atoms with E-state index in [0.29, 0.717) is 23.5 Å². The lowest BCUT2D eigenvalue weighted by molar-refractivity contribution is 0.243. The molecule has 1 aromatic carbocycles. The second-order valence-corrected chi connectivity index (χ2v) is 13.2. The topological polar surface area (TPSA) is 97.5 Å². The van der Waals surface area contributed by atoms with Gasteiger partial charge in [-0.15, -0.1) is 5.10 Å². The number of benzene rings is 1. The molecule has 38 heavy (non-hydrogen) atoms. The number of pyridine rings is 1. The summed E-state index contributed by atoms with van der Waals surface area (Å²) >= 11 is 0. The lowest BCUT2D eigenvalue weighted by Gasteiger charge is -2.37. The maximum Gasteiger partial charge on any atom is 0.155 e. The number of fused-ring (bicyclic) bond motifs is 5.